The highest BCUT2D eigenvalue weighted by Gasteiger charge is 2.21. The van der Waals surface area contributed by atoms with E-state index in [9.17, 15) is 4.79 Å². The molecule has 1 aromatic heterocycles. The number of aliphatic hydroxyl groups excluding tert-OH is 1. The summed E-state index contributed by atoms with van der Waals surface area (Å²) in [4.78, 5) is 23.7. The third kappa shape index (κ3) is 6.90. The average Bonchev–Trinajstić information content (AvgIpc) is 2.80. The molecular weight excluding hydrogens is 416 g/mol. The van der Waals surface area contributed by atoms with Gasteiger partial charge in [0.1, 0.15) is 5.75 Å². The molecule has 0 unspecified atom stereocenters. The Labute approximate surface area is 197 Å². The van der Waals surface area contributed by atoms with Gasteiger partial charge in [0.05, 0.1) is 13.2 Å². The van der Waals surface area contributed by atoms with Gasteiger partial charge in [0, 0.05) is 37.6 Å². The first-order valence-electron chi connectivity index (χ1n) is 12.1. The smallest absolute Gasteiger partial charge is 0.251 e. The summed E-state index contributed by atoms with van der Waals surface area (Å²) in [6.07, 6.45) is 8.39. The summed E-state index contributed by atoms with van der Waals surface area (Å²) in [7, 11) is 0. The fourth-order valence-corrected chi connectivity index (χ4v) is 4.40. The van der Waals surface area contributed by atoms with Gasteiger partial charge in [-0.05, 0) is 80.2 Å². The zero-order valence-electron chi connectivity index (χ0n) is 20.4. The Morgan fingerprint density at radius 2 is 1.82 bits per heavy atom. The molecule has 0 saturated carbocycles. The molecule has 180 valence electrons. The highest BCUT2D eigenvalue weighted by atomic mass is 16.5. The van der Waals surface area contributed by atoms with E-state index in [-0.39, 0.29) is 19.1 Å². The van der Waals surface area contributed by atoms with E-state index < -0.39 is 0 Å². The molecule has 1 amide bonds. The van der Waals surface area contributed by atoms with E-state index in [1.54, 1.807) is 0 Å². The zero-order chi connectivity index (χ0) is 23.8. The van der Waals surface area contributed by atoms with Crippen LogP contribution < -0.4 is 15.0 Å². The van der Waals surface area contributed by atoms with Crippen LogP contribution in [0.2, 0.25) is 0 Å². The van der Waals surface area contributed by atoms with Gasteiger partial charge in [-0.2, -0.15) is 0 Å². The van der Waals surface area contributed by atoms with Gasteiger partial charge in [-0.25, -0.2) is 9.97 Å². The first-order valence-corrected chi connectivity index (χ1v) is 12.1. The van der Waals surface area contributed by atoms with Gasteiger partial charge < -0.3 is 20.1 Å². The van der Waals surface area contributed by atoms with E-state index in [0.29, 0.717) is 24.0 Å². The molecule has 1 aliphatic rings. The molecule has 0 aliphatic carbocycles. The summed E-state index contributed by atoms with van der Waals surface area (Å²) in [5.74, 6) is 2.66. The predicted molar refractivity (Wildman–Crippen MR) is 131 cm³/mol. The van der Waals surface area contributed by atoms with Crippen LogP contribution in [0.25, 0.3) is 0 Å². The second kappa shape index (κ2) is 12.0. The Balaban J connectivity index is 1.40. The van der Waals surface area contributed by atoms with E-state index in [1.165, 1.54) is 5.56 Å². The monoisotopic (exact) mass is 454 g/mol. The summed E-state index contributed by atoms with van der Waals surface area (Å²) >= 11 is 0. The molecule has 1 saturated heterocycles. The summed E-state index contributed by atoms with van der Waals surface area (Å²) in [5.41, 5.74) is 3.61. The SMILES string of the molecule is Cc1cc(OCCCC2CCN(c3ncc(C(C)C)cn3)CC2)cc(C)c1C(=O)NCCO. The first-order chi connectivity index (χ1) is 15.9. The molecule has 0 bridgehead atoms. The van der Waals surface area contributed by atoms with Crippen LogP contribution in [0.4, 0.5) is 5.95 Å². The molecule has 2 heterocycles. The molecule has 0 atom stereocenters. The maximum Gasteiger partial charge on any atom is 0.251 e. The summed E-state index contributed by atoms with van der Waals surface area (Å²) in [5, 5.41) is 11.6. The molecular formula is C26H38N4O3. The van der Waals surface area contributed by atoms with Gasteiger partial charge in [0.2, 0.25) is 5.95 Å². The average molecular weight is 455 g/mol. The normalized spacial score (nSPS) is 14.5. The lowest BCUT2D eigenvalue weighted by Crippen LogP contribution is -2.35. The lowest BCUT2D eigenvalue weighted by atomic mass is 9.92. The van der Waals surface area contributed by atoms with Crippen molar-refractivity contribution in [3.05, 3.63) is 46.8 Å². The molecule has 0 radical (unpaired) electrons. The topological polar surface area (TPSA) is 87.6 Å². The van der Waals surface area contributed by atoms with Crippen LogP contribution in [-0.2, 0) is 0 Å². The number of carbonyl (C=O) groups excluding carboxylic acids is 1. The van der Waals surface area contributed by atoms with Crippen molar-refractivity contribution in [1.29, 1.82) is 0 Å². The van der Waals surface area contributed by atoms with Crippen LogP contribution >= 0.6 is 0 Å². The van der Waals surface area contributed by atoms with E-state index in [2.05, 4.69) is 34.0 Å². The molecule has 7 heteroatoms. The fraction of sp³-hybridized carbons (Fsp3) is 0.577. The second-order valence-electron chi connectivity index (χ2n) is 9.30. The highest BCUT2D eigenvalue weighted by molar-refractivity contribution is 5.97. The Morgan fingerprint density at radius 1 is 1.18 bits per heavy atom. The minimum atomic E-state index is -0.154. The highest BCUT2D eigenvalue weighted by Crippen LogP contribution is 2.26. The largest absolute Gasteiger partial charge is 0.494 e. The lowest BCUT2D eigenvalue weighted by Gasteiger charge is -2.32. The van der Waals surface area contributed by atoms with Crippen molar-refractivity contribution in [3.8, 4) is 5.75 Å². The van der Waals surface area contributed by atoms with Crippen molar-refractivity contribution in [2.45, 2.75) is 59.3 Å². The van der Waals surface area contributed by atoms with Crippen LogP contribution in [0, 0.1) is 19.8 Å². The molecule has 2 N–H and O–H groups in total. The summed E-state index contributed by atoms with van der Waals surface area (Å²) in [6.45, 7) is 11.0. The molecule has 1 aliphatic heterocycles. The van der Waals surface area contributed by atoms with Crippen molar-refractivity contribution < 1.29 is 14.6 Å². The van der Waals surface area contributed by atoms with Gasteiger partial charge in [0.25, 0.3) is 5.91 Å². The number of piperidine rings is 1. The predicted octanol–water partition coefficient (Wildman–Crippen LogP) is 4.01. The number of aliphatic hydroxyl groups is 1. The summed E-state index contributed by atoms with van der Waals surface area (Å²) < 4.78 is 5.99. The number of hydrogen-bond acceptors (Lipinski definition) is 6. The number of aryl methyl sites for hydroxylation is 2. The van der Waals surface area contributed by atoms with Gasteiger partial charge in [-0.15, -0.1) is 0 Å². The van der Waals surface area contributed by atoms with E-state index in [0.717, 1.165) is 61.6 Å². The van der Waals surface area contributed by atoms with Crippen molar-refractivity contribution in [3.63, 3.8) is 0 Å². The number of nitrogens with zero attached hydrogens (tertiary/aromatic N) is 3. The minimum absolute atomic E-state index is 0.0662. The molecule has 3 rings (SSSR count). The Bertz CT molecular complexity index is 883. The van der Waals surface area contributed by atoms with Crippen LogP contribution in [0.1, 0.15) is 72.5 Å². The fourth-order valence-electron chi connectivity index (χ4n) is 4.40. The Hall–Kier alpha value is -2.67. The van der Waals surface area contributed by atoms with E-state index in [1.807, 2.05) is 38.4 Å². The maximum atomic E-state index is 12.3. The number of carbonyl (C=O) groups is 1. The van der Waals surface area contributed by atoms with Crippen LogP contribution in [-0.4, -0.2) is 53.8 Å². The van der Waals surface area contributed by atoms with Gasteiger partial charge in [-0.1, -0.05) is 13.8 Å². The number of hydrogen-bond donors (Lipinski definition) is 2. The van der Waals surface area contributed by atoms with Crippen molar-refractivity contribution in [2.24, 2.45) is 5.92 Å². The van der Waals surface area contributed by atoms with Crippen molar-refractivity contribution in [2.75, 3.05) is 37.7 Å². The van der Waals surface area contributed by atoms with Gasteiger partial charge in [-0.3, -0.25) is 4.79 Å². The molecule has 1 aromatic carbocycles. The molecule has 1 fully saturated rings. The van der Waals surface area contributed by atoms with E-state index >= 15 is 0 Å². The van der Waals surface area contributed by atoms with Crippen molar-refractivity contribution in [1.82, 2.24) is 15.3 Å². The number of amides is 1. The third-order valence-corrected chi connectivity index (χ3v) is 6.38. The number of rotatable bonds is 10. The van der Waals surface area contributed by atoms with Crippen molar-refractivity contribution >= 4 is 11.9 Å². The standard InChI is InChI=1S/C26H38N4O3/c1-18(2)22-16-28-26(29-17-22)30-10-7-21(8-11-30)6-5-13-33-23-14-19(3)24(20(4)15-23)25(32)27-9-12-31/h14-18,21,31H,5-13H2,1-4H3,(H,27,32). The number of nitrogens with one attached hydrogen (secondary N) is 1. The Kier molecular flexibility index (Phi) is 9.06. The molecule has 33 heavy (non-hydrogen) atoms. The number of aromatic nitrogens is 2. The van der Waals surface area contributed by atoms with Crippen LogP contribution in [0.3, 0.4) is 0 Å². The first kappa shape index (κ1) is 25.0. The molecule has 2 aromatic rings. The Morgan fingerprint density at radius 3 is 2.39 bits per heavy atom. The maximum absolute atomic E-state index is 12.3. The lowest BCUT2D eigenvalue weighted by molar-refractivity contribution is 0.0943. The van der Waals surface area contributed by atoms with Crippen LogP contribution in [0.5, 0.6) is 5.75 Å². The summed E-state index contributed by atoms with van der Waals surface area (Å²) in [6, 6.07) is 3.84. The second-order valence-corrected chi connectivity index (χ2v) is 9.30. The number of anilines is 1. The van der Waals surface area contributed by atoms with Crippen LogP contribution in [0.15, 0.2) is 24.5 Å². The number of ether oxygens (including phenoxy) is 1. The third-order valence-electron chi connectivity index (χ3n) is 6.38. The van der Waals surface area contributed by atoms with E-state index in [4.69, 9.17) is 9.84 Å². The van der Waals surface area contributed by atoms with Gasteiger partial charge >= 0.3 is 0 Å². The quantitative estimate of drug-likeness (QED) is 0.528. The van der Waals surface area contributed by atoms with Gasteiger partial charge in [0.15, 0.2) is 0 Å². The number of benzene rings is 1. The molecule has 0 spiro atoms. The molecule has 7 nitrogen and oxygen atoms in total. The minimum Gasteiger partial charge on any atom is -0.494 e. The zero-order valence-corrected chi connectivity index (χ0v) is 20.4.